The molecule has 5 nitrogen and oxygen atoms in total. The Bertz CT molecular complexity index is 531. The fourth-order valence-electron chi connectivity index (χ4n) is 1.63. The van der Waals surface area contributed by atoms with Crippen LogP contribution in [0.5, 0.6) is 0 Å². The Morgan fingerprint density at radius 3 is 2.65 bits per heavy atom. The van der Waals surface area contributed by atoms with Gasteiger partial charge in [0, 0.05) is 12.7 Å². The predicted octanol–water partition coefficient (Wildman–Crippen LogP) is 2.65. The van der Waals surface area contributed by atoms with E-state index in [9.17, 15) is 18.0 Å². The lowest BCUT2D eigenvalue weighted by Gasteiger charge is -2.24. The van der Waals surface area contributed by atoms with E-state index in [4.69, 9.17) is 11.6 Å². The van der Waals surface area contributed by atoms with Gasteiger partial charge in [-0.1, -0.05) is 17.7 Å². The number of ether oxygens (including phenoxy) is 1. The van der Waals surface area contributed by atoms with Gasteiger partial charge in [0.25, 0.3) is 0 Å². The number of rotatable bonds is 3. The van der Waals surface area contributed by atoms with E-state index in [1.807, 2.05) is 0 Å². The summed E-state index contributed by atoms with van der Waals surface area (Å²) in [6.45, 7) is -1.60. The van der Waals surface area contributed by atoms with E-state index >= 15 is 0 Å². The fraction of sp³-hybridized carbons (Fsp3) is 0.364. The molecular weight excluding hydrogens is 299 g/mol. The van der Waals surface area contributed by atoms with Gasteiger partial charge in [0.2, 0.25) is 0 Å². The second-order valence-electron chi connectivity index (χ2n) is 4.04. The number of halogens is 4. The maximum Gasteiger partial charge on any atom is 0.435 e. The summed E-state index contributed by atoms with van der Waals surface area (Å²) in [6, 6.07) is 3.03. The Morgan fingerprint density at radius 2 is 2.15 bits per heavy atom. The number of aromatic nitrogens is 1. The molecule has 1 aromatic heterocycles. The molecule has 0 aromatic carbocycles. The molecule has 1 aliphatic heterocycles. The number of amidine groups is 1. The van der Waals surface area contributed by atoms with Crippen LogP contribution in [0.4, 0.5) is 18.0 Å². The topological polar surface area (TPSA) is 54.8 Å². The number of cyclic esters (lactones) is 1. The Morgan fingerprint density at radius 1 is 1.40 bits per heavy atom. The molecule has 1 aromatic rings. The van der Waals surface area contributed by atoms with Gasteiger partial charge in [-0.25, -0.2) is 9.78 Å². The minimum Gasteiger partial charge on any atom is -0.440 e. The second kappa shape index (κ2) is 5.66. The van der Waals surface area contributed by atoms with Crippen molar-refractivity contribution in [1.82, 2.24) is 9.88 Å². The van der Waals surface area contributed by atoms with Gasteiger partial charge in [-0.15, -0.1) is 0 Å². The number of amides is 1. The summed E-state index contributed by atoms with van der Waals surface area (Å²) in [5.74, 6) is -0.0534. The van der Waals surface area contributed by atoms with Crippen LogP contribution in [0.2, 0.25) is 5.15 Å². The maximum atomic E-state index is 12.6. The highest BCUT2D eigenvalue weighted by atomic mass is 35.5. The highest BCUT2D eigenvalue weighted by Crippen LogP contribution is 2.20. The van der Waals surface area contributed by atoms with Gasteiger partial charge in [0.1, 0.15) is 11.7 Å². The van der Waals surface area contributed by atoms with E-state index in [0.29, 0.717) is 5.56 Å². The second-order valence-corrected chi connectivity index (χ2v) is 4.43. The van der Waals surface area contributed by atoms with Gasteiger partial charge in [-0.3, -0.25) is 0 Å². The van der Waals surface area contributed by atoms with Crippen LogP contribution in [0.3, 0.4) is 0 Å². The molecule has 0 saturated carbocycles. The zero-order valence-electron chi connectivity index (χ0n) is 10.0. The SMILES string of the molecule is O=C1N=C(N(Cc2ccc(Cl)nc2)CC(F)(F)F)CO1. The van der Waals surface area contributed by atoms with Crippen LogP contribution < -0.4 is 0 Å². The van der Waals surface area contributed by atoms with Gasteiger partial charge in [-0.2, -0.15) is 18.2 Å². The van der Waals surface area contributed by atoms with Crippen molar-refractivity contribution in [3.8, 4) is 0 Å². The summed E-state index contributed by atoms with van der Waals surface area (Å²) in [5, 5.41) is 0.243. The predicted molar refractivity (Wildman–Crippen MR) is 64.5 cm³/mol. The van der Waals surface area contributed by atoms with Crippen molar-refractivity contribution < 1.29 is 22.7 Å². The Labute approximate surface area is 117 Å². The molecule has 20 heavy (non-hydrogen) atoms. The Kier molecular flexibility index (Phi) is 4.12. The summed E-state index contributed by atoms with van der Waals surface area (Å²) in [7, 11) is 0. The molecule has 0 radical (unpaired) electrons. The third kappa shape index (κ3) is 4.09. The third-order valence-corrected chi connectivity index (χ3v) is 2.67. The molecule has 0 aliphatic carbocycles. The van der Waals surface area contributed by atoms with Crippen LogP contribution in [0.1, 0.15) is 5.56 Å². The number of hydrogen-bond donors (Lipinski definition) is 0. The largest absolute Gasteiger partial charge is 0.440 e. The van der Waals surface area contributed by atoms with Crippen molar-refractivity contribution in [1.29, 1.82) is 0 Å². The maximum absolute atomic E-state index is 12.6. The number of aliphatic imine (C=N–C) groups is 1. The quantitative estimate of drug-likeness (QED) is 0.806. The average molecular weight is 308 g/mol. The molecule has 0 spiro atoms. The van der Waals surface area contributed by atoms with Crippen LogP contribution >= 0.6 is 11.6 Å². The number of carbonyl (C=O) groups is 1. The van der Waals surface area contributed by atoms with E-state index in [1.165, 1.54) is 12.3 Å². The molecule has 108 valence electrons. The molecule has 2 heterocycles. The zero-order valence-corrected chi connectivity index (χ0v) is 10.8. The fourth-order valence-corrected chi connectivity index (χ4v) is 1.75. The number of pyridine rings is 1. The highest BCUT2D eigenvalue weighted by molar-refractivity contribution is 6.29. The first-order valence-corrected chi connectivity index (χ1v) is 5.88. The van der Waals surface area contributed by atoms with Crippen molar-refractivity contribution in [2.45, 2.75) is 12.7 Å². The van der Waals surface area contributed by atoms with E-state index in [-0.39, 0.29) is 24.1 Å². The summed E-state index contributed by atoms with van der Waals surface area (Å²) in [6.07, 6.45) is -3.95. The third-order valence-electron chi connectivity index (χ3n) is 2.44. The van der Waals surface area contributed by atoms with Crippen molar-refractivity contribution >= 4 is 23.5 Å². The summed E-state index contributed by atoms with van der Waals surface area (Å²) in [4.78, 5) is 19.0. The standard InChI is InChI=1S/C11H9ClF3N3O2/c12-8-2-1-7(3-16-8)4-18(6-11(13,14)15)9-5-20-10(19)17-9/h1-3H,4-6H2. The molecular formula is C11H9ClF3N3O2. The van der Waals surface area contributed by atoms with Crippen molar-refractivity contribution in [2.24, 2.45) is 4.99 Å². The number of alkyl halides is 3. The normalized spacial score (nSPS) is 15.0. The molecule has 0 fully saturated rings. The minimum atomic E-state index is -4.42. The Balaban J connectivity index is 2.16. The van der Waals surface area contributed by atoms with Crippen LogP contribution in [-0.4, -0.2) is 41.1 Å². The first-order valence-electron chi connectivity index (χ1n) is 5.50. The first kappa shape index (κ1) is 14.6. The number of hydrogen-bond acceptors (Lipinski definition) is 4. The van der Waals surface area contributed by atoms with Crippen molar-refractivity contribution in [2.75, 3.05) is 13.2 Å². The van der Waals surface area contributed by atoms with Crippen molar-refractivity contribution in [3.63, 3.8) is 0 Å². The molecule has 2 rings (SSSR count). The average Bonchev–Trinajstić information content (AvgIpc) is 2.76. The highest BCUT2D eigenvalue weighted by Gasteiger charge is 2.34. The smallest absolute Gasteiger partial charge is 0.435 e. The molecule has 0 bridgehead atoms. The Hall–Kier alpha value is -1.83. The van der Waals surface area contributed by atoms with Crippen LogP contribution in [0, 0.1) is 0 Å². The lowest BCUT2D eigenvalue weighted by atomic mass is 10.2. The van der Waals surface area contributed by atoms with Gasteiger partial charge >= 0.3 is 12.3 Å². The van der Waals surface area contributed by atoms with Gasteiger partial charge in [0.15, 0.2) is 12.4 Å². The zero-order chi connectivity index (χ0) is 14.8. The van der Waals surface area contributed by atoms with Crippen LogP contribution in [0.25, 0.3) is 0 Å². The van der Waals surface area contributed by atoms with E-state index < -0.39 is 18.8 Å². The van der Waals surface area contributed by atoms with E-state index in [2.05, 4.69) is 14.7 Å². The van der Waals surface area contributed by atoms with E-state index in [1.54, 1.807) is 6.07 Å². The molecule has 1 amide bonds. The summed E-state index contributed by atoms with van der Waals surface area (Å²) < 4.78 is 42.2. The van der Waals surface area contributed by atoms with Gasteiger partial charge in [0.05, 0.1) is 0 Å². The molecule has 9 heteroatoms. The number of nitrogens with zero attached hydrogens (tertiary/aromatic N) is 3. The van der Waals surface area contributed by atoms with Gasteiger partial charge in [-0.05, 0) is 11.6 Å². The van der Waals surface area contributed by atoms with E-state index in [0.717, 1.165) is 4.90 Å². The molecule has 0 saturated heterocycles. The van der Waals surface area contributed by atoms with Crippen LogP contribution in [-0.2, 0) is 11.3 Å². The molecule has 0 N–H and O–H groups in total. The summed E-state index contributed by atoms with van der Waals surface area (Å²) >= 11 is 5.61. The van der Waals surface area contributed by atoms with Crippen LogP contribution in [0.15, 0.2) is 23.3 Å². The molecule has 0 atom stereocenters. The lowest BCUT2D eigenvalue weighted by molar-refractivity contribution is -0.138. The first-order chi connectivity index (χ1) is 9.33. The number of carbonyl (C=O) groups excluding carboxylic acids is 1. The van der Waals surface area contributed by atoms with Crippen molar-refractivity contribution in [3.05, 3.63) is 29.0 Å². The molecule has 0 unspecified atom stereocenters. The monoisotopic (exact) mass is 307 g/mol. The summed E-state index contributed by atoms with van der Waals surface area (Å²) in [5.41, 5.74) is 0.515. The molecule has 1 aliphatic rings. The minimum absolute atomic E-state index is 0.0534. The van der Waals surface area contributed by atoms with Gasteiger partial charge < -0.3 is 9.64 Å². The lowest BCUT2D eigenvalue weighted by Crippen LogP contribution is -2.39.